The smallest absolute Gasteiger partial charge is 0.0709 e. The van der Waals surface area contributed by atoms with Gasteiger partial charge in [0.2, 0.25) is 0 Å². The highest BCUT2D eigenvalue weighted by atomic mass is 14.7. The number of aryl methyl sites for hydroxylation is 1. The molecule has 3 rings (SSSR count). The second kappa shape index (κ2) is 2.95. The van der Waals surface area contributed by atoms with Crippen LogP contribution in [0.2, 0.25) is 0 Å². The number of rotatable bonds is 0. The van der Waals surface area contributed by atoms with Crippen molar-refractivity contribution in [2.45, 2.75) is 12.8 Å². The number of para-hydroxylation sites is 1. The Morgan fingerprint density at radius 2 is 2.07 bits per heavy atom. The fraction of sp³-hybridized carbons (Fsp3) is 0.154. The Labute approximate surface area is 83.1 Å². The number of pyridine rings is 1. The summed E-state index contributed by atoms with van der Waals surface area (Å²) in [6.07, 6.45) is 6.60. The average molecular weight is 181 g/mol. The molecule has 68 valence electrons. The van der Waals surface area contributed by atoms with Crippen molar-refractivity contribution in [3.05, 3.63) is 47.7 Å². The quantitative estimate of drug-likeness (QED) is 0.608. The summed E-state index contributed by atoms with van der Waals surface area (Å²) in [6.45, 7) is 0. The second-order valence-electron chi connectivity index (χ2n) is 3.67. The molecule has 1 aliphatic carbocycles. The molecule has 0 amide bonds. The van der Waals surface area contributed by atoms with E-state index in [1.807, 2.05) is 6.07 Å². The molecule has 0 spiro atoms. The first-order valence-corrected chi connectivity index (χ1v) is 4.99. The van der Waals surface area contributed by atoms with Crippen LogP contribution >= 0.6 is 0 Å². The van der Waals surface area contributed by atoms with Gasteiger partial charge in [-0.2, -0.15) is 0 Å². The van der Waals surface area contributed by atoms with Gasteiger partial charge in [-0.05, 0) is 36.6 Å². The number of aromatic nitrogens is 1. The van der Waals surface area contributed by atoms with Crippen molar-refractivity contribution in [2.24, 2.45) is 0 Å². The van der Waals surface area contributed by atoms with Crippen LogP contribution in [0.5, 0.6) is 0 Å². The van der Waals surface area contributed by atoms with Crippen LogP contribution in [0, 0.1) is 0 Å². The lowest BCUT2D eigenvalue weighted by Gasteiger charge is -2.10. The van der Waals surface area contributed by atoms with Crippen LogP contribution in [0.25, 0.3) is 17.0 Å². The minimum Gasteiger partial charge on any atom is -0.248 e. The van der Waals surface area contributed by atoms with Gasteiger partial charge in [0.05, 0.1) is 11.2 Å². The standard InChI is InChI=1S/C13H11N/c1-3-7-12-10(5-1)9-11-6-2-4-8-13(11)14-12/h1,3-5,7-9H,2,6H2. The van der Waals surface area contributed by atoms with Crippen LogP contribution in [0.4, 0.5) is 0 Å². The van der Waals surface area contributed by atoms with Gasteiger partial charge < -0.3 is 0 Å². The number of nitrogens with zero attached hydrogens (tertiary/aromatic N) is 1. The molecule has 0 saturated carbocycles. The van der Waals surface area contributed by atoms with Gasteiger partial charge in [0.25, 0.3) is 0 Å². The summed E-state index contributed by atoms with van der Waals surface area (Å²) in [5.41, 5.74) is 3.62. The zero-order chi connectivity index (χ0) is 9.38. The summed E-state index contributed by atoms with van der Waals surface area (Å²) in [6, 6.07) is 10.6. The molecule has 2 aromatic rings. The molecule has 0 aliphatic heterocycles. The van der Waals surface area contributed by atoms with Crippen LogP contribution in [0.15, 0.2) is 36.4 Å². The third kappa shape index (κ3) is 1.13. The molecule has 0 fully saturated rings. The number of hydrogen-bond acceptors (Lipinski definition) is 1. The zero-order valence-corrected chi connectivity index (χ0v) is 7.90. The topological polar surface area (TPSA) is 12.9 Å². The number of fused-ring (bicyclic) bond motifs is 2. The normalized spacial score (nSPS) is 14.3. The molecular formula is C13H11N. The van der Waals surface area contributed by atoms with Gasteiger partial charge >= 0.3 is 0 Å². The van der Waals surface area contributed by atoms with E-state index in [0.717, 1.165) is 24.1 Å². The lowest BCUT2D eigenvalue weighted by atomic mass is 10.0. The first-order valence-electron chi connectivity index (χ1n) is 4.99. The largest absolute Gasteiger partial charge is 0.248 e. The first kappa shape index (κ1) is 7.74. The van der Waals surface area contributed by atoms with Crippen LogP contribution in [-0.4, -0.2) is 4.98 Å². The highest BCUT2D eigenvalue weighted by Gasteiger charge is 2.06. The molecule has 0 unspecified atom stereocenters. The first-order chi connectivity index (χ1) is 6.93. The van der Waals surface area contributed by atoms with E-state index in [0.29, 0.717) is 0 Å². The summed E-state index contributed by atoms with van der Waals surface area (Å²) in [4.78, 5) is 4.63. The summed E-state index contributed by atoms with van der Waals surface area (Å²) in [5, 5.41) is 1.25. The molecule has 0 radical (unpaired) electrons. The van der Waals surface area contributed by atoms with Crippen molar-refractivity contribution in [1.82, 2.24) is 4.98 Å². The lowest BCUT2D eigenvalue weighted by molar-refractivity contribution is 0.972. The maximum Gasteiger partial charge on any atom is 0.0709 e. The van der Waals surface area contributed by atoms with Crippen molar-refractivity contribution in [3.63, 3.8) is 0 Å². The van der Waals surface area contributed by atoms with E-state index >= 15 is 0 Å². The maximum atomic E-state index is 4.63. The average Bonchev–Trinajstić information content (AvgIpc) is 2.26. The molecule has 0 N–H and O–H groups in total. The second-order valence-corrected chi connectivity index (χ2v) is 3.67. The summed E-state index contributed by atoms with van der Waals surface area (Å²) < 4.78 is 0. The molecule has 1 heteroatoms. The van der Waals surface area contributed by atoms with Crippen LogP contribution in [0.1, 0.15) is 17.7 Å². The number of benzene rings is 1. The van der Waals surface area contributed by atoms with E-state index in [9.17, 15) is 0 Å². The van der Waals surface area contributed by atoms with E-state index in [1.165, 1.54) is 10.9 Å². The summed E-state index contributed by atoms with van der Waals surface area (Å²) in [7, 11) is 0. The highest BCUT2D eigenvalue weighted by Crippen LogP contribution is 2.22. The SMILES string of the molecule is C1=Cc2nc3ccccc3cc2CC1. The Hall–Kier alpha value is -1.63. The minimum absolute atomic E-state index is 1.10. The van der Waals surface area contributed by atoms with Gasteiger partial charge in [-0.1, -0.05) is 24.3 Å². The van der Waals surface area contributed by atoms with Gasteiger partial charge in [0.15, 0.2) is 0 Å². The molecule has 1 aliphatic rings. The van der Waals surface area contributed by atoms with Gasteiger partial charge in [-0.25, -0.2) is 4.98 Å². The van der Waals surface area contributed by atoms with E-state index in [2.05, 4.69) is 41.4 Å². The maximum absolute atomic E-state index is 4.63. The zero-order valence-electron chi connectivity index (χ0n) is 7.90. The summed E-state index contributed by atoms with van der Waals surface area (Å²) >= 11 is 0. The molecule has 1 heterocycles. The Bertz CT molecular complexity index is 512. The molecule has 0 atom stereocenters. The minimum atomic E-state index is 1.10. The fourth-order valence-corrected chi connectivity index (χ4v) is 1.95. The number of allylic oxidation sites excluding steroid dienone is 1. The predicted octanol–water partition coefficient (Wildman–Crippen LogP) is 3.19. The van der Waals surface area contributed by atoms with E-state index in [4.69, 9.17) is 0 Å². The van der Waals surface area contributed by atoms with Gasteiger partial charge in [0.1, 0.15) is 0 Å². The fourth-order valence-electron chi connectivity index (χ4n) is 1.95. The Morgan fingerprint density at radius 1 is 1.14 bits per heavy atom. The van der Waals surface area contributed by atoms with Gasteiger partial charge in [-0.3, -0.25) is 0 Å². The molecule has 14 heavy (non-hydrogen) atoms. The van der Waals surface area contributed by atoms with Crippen molar-refractivity contribution in [2.75, 3.05) is 0 Å². The van der Waals surface area contributed by atoms with Crippen molar-refractivity contribution in [1.29, 1.82) is 0 Å². The van der Waals surface area contributed by atoms with Crippen LogP contribution in [-0.2, 0) is 6.42 Å². The van der Waals surface area contributed by atoms with Gasteiger partial charge in [0, 0.05) is 5.39 Å². The highest BCUT2D eigenvalue weighted by molar-refractivity contribution is 5.81. The predicted molar refractivity (Wildman–Crippen MR) is 59.1 cm³/mol. The van der Waals surface area contributed by atoms with E-state index in [-0.39, 0.29) is 0 Å². The Balaban J connectivity index is 2.34. The Morgan fingerprint density at radius 3 is 3.07 bits per heavy atom. The van der Waals surface area contributed by atoms with Crippen molar-refractivity contribution < 1.29 is 0 Å². The number of hydrogen-bond donors (Lipinski definition) is 0. The summed E-state index contributed by atoms with van der Waals surface area (Å²) in [5.74, 6) is 0. The Kier molecular flexibility index (Phi) is 1.63. The lowest BCUT2D eigenvalue weighted by Crippen LogP contribution is -1.97. The molecule has 1 aromatic heterocycles. The van der Waals surface area contributed by atoms with E-state index in [1.54, 1.807) is 0 Å². The van der Waals surface area contributed by atoms with Crippen LogP contribution in [0.3, 0.4) is 0 Å². The molecule has 1 nitrogen and oxygen atoms in total. The molecular weight excluding hydrogens is 170 g/mol. The monoisotopic (exact) mass is 181 g/mol. The molecule has 1 aromatic carbocycles. The van der Waals surface area contributed by atoms with Crippen LogP contribution < -0.4 is 0 Å². The van der Waals surface area contributed by atoms with Crippen molar-refractivity contribution in [3.8, 4) is 0 Å². The van der Waals surface area contributed by atoms with Gasteiger partial charge in [-0.15, -0.1) is 0 Å². The third-order valence-electron chi connectivity index (χ3n) is 2.69. The third-order valence-corrected chi connectivity index (χ3v) is 2.69. The molecule has 0 bridgehead atoms. The molecule has 0 saturated heterocycles. The van der Waals surface area contributed by atoms with E-state index < -0.39 is 0 Å². The van der Waals surface area contributed by atoms with Crippen molar-refractivity contribution >= 4 is 17.0 Å².